The summed E-state index contributed by atoms with van der Waals surface area (Å²) < 4.78 is 0. The molecule has 114 valence electrons. The van der Waals surface area contributed by atoms with Crippen LogP contribution in [0.25, 0.3) is 0 Å². The Balaban J connectivity index is 1.55. The maximum Gasteiger partial charge on any atom is 0.315 e. The van der Waals surface area contributed by atoms with E-state index in [0.29, 0.717) is 0 Å². The van der Waals surface area contributed by atoms with Crippen LogP contribution in [-0.4, -0.2) is 23.3 Å². The van der Waals surface area contributed by atoms with Crippen molar-refractivity contribution in [2.24, 2.45) is 0 Å². The van der Waals surface area contributed by atoms with Gasteiger partial charge >= 0.3 is 6.03 Å². The van der Waals surface area contributed by atoms with Crippen LogP contribution in [0.15, 0.2) is 18.2 Å². The zero-order valence-electron chi connectivity index (χ0n) is 11.9. The number of hydrogen-bond acceptors (Lipinski definition) is 2. The van der Waals surface area contributed by atoms with Crippen molar-refractivity contribution in [2.75, 3.05) is 0 Å². The van der Waals surface area contributed by atoms with E-state index in [1.165, 1.54) is 11.1 Å². The number of benzene rings is 1. The second kappa shape index (κ2) is 6.24. The number of rotatable bonds is 2. The lowest BCUT2D eigenvalue weighted by molar-refractivity contribution is 0.117. The van der Waals surface area contributed by atoms with Crippen molar-refractivity contribution in [1.29, 1.82) is 0 Å². The van der Waals surface area contributed by atoms with E-state index in [4.69, 9.17) is 11.6 Å². The maximum absolute atomic E-state index is 12.1. The van der Waals surface area contributed by atoms with Crippen LogP contribution < -0.4 is 10.6 Å². The van der Waals surface area contributed by atoms with E-state index in [2.05, 4.69) is 10.6 Å². The summed E-state index contributed by atoms with van der Waals surface area (Å²) in [5.41, 5.74) is 2.40. The first-order chi connectivity index (χ1) is 10.1. The molecule has 0 spiro atoms. The second-order valence-electron chi connectivity index (χ2n) is 6.06. The Hall–Kier alpha value is -1.26. The zero-order valence-corrected chi connectivity index (χ0v) is 12.7. The first kappa shape index (κ1) is 14.7. The summed E-state index contributed by atoms with van der Waals surface area (Å²) in [6.07, 6.45) is 4.93. The standard InChI is InChI=1S/C16H21ClN2O2/c17-11-2-7-14-10(9-11)1-8-15(14)19-16(21)18-12-3-5-13(20)6-4-12/h2,7,9,12-13,15,20H,1,3-6,8H2,(H2,18,19,21)/t12?,13?,15-/m0/s1. The summed E-state index contributed by atoms with van der Waals surface area (Å²) in [5, 5.41) is 16.3. The lowest BCUT2D eigenvalue weighted by atomic mass is 9.93. The van der Waals surface area contributed by atoms with Crippen molar-refractivity contribution >= 4 is 17.6 Å². The molecule has 3 N–H and O–H groups in total. The highest BCUT2D eigenvalue weighted by Gasteiger charge is 2.26. The molecule has 0 aliphatic heterocycles. The van der Waals surface area contributed by atoms with Crippen LogP contribution in [0.3, 0.4) is 0 Å². The van der Waals surface area contributed by atoms with Crippen LogP contribution in [0, 0.1) is 0 Å². The maximum atomic E-state index is 12.1. The minimum Gasteiger partial charge on any atom is -0.393 e. The van der Waals surface area contributed by atoms with Gasteiger partial charge in [-0.3, -0.25) is 0 Å². The molecule has 5 heteroatoms. The summed E-state index contributed by atoms with van der Waals surface area (Å²) in [5.74, 6) is 0. The molecule has 0 saturated heterocycles. The number of aliphatic hydroxyl groups excluding tert-OH is 1. The number of carbonyl (C=O) groups is 1. The second-order valence-corrected chi connectivity index (χ2v) is 6.49. The highest BCUT2D eigenvalue weighted by atomic mass is 35.5. The average Bonchev–Trinajstić information content (AvgIpc) is 2.83. The minimum absolute atomic E-state index is 0.0754. The Bertz CT molecular complexity index is 527. The van der Waals surface area contributed by atoms with Gasteiger partial charge in [-0.2, -0.15) is 0 Å². The lowest BCUT2D eigenvalue weighted by Gasteiger charge is -2.27. The molecule has 4 nitrogen and oxygen atoms in total. The van der Waals surface area contributed by atoms with E-state index < -0.39 is 0 Å². The highest BCUT2D eigenvalue weighted by molar-refractivity contribution is 6.30. The number of aliphatic hydroxyl groups is 1. The number of hydrogen-bond donors (Lipinski definition) is 3. The fourth-order valence-electron chi connectivity index (χ4n) is 3.34. The molecule has 1 saturated carbocycles. The normalized spacial score (nSPS) is 28.0. The Labute approximate surface area is 129 Å². The fraction of sp³-hybridized carbons (Fsp3) is 0.562. The van der Waals surface area contributed by atoms with Crippen molar-refractivity contribution < 1.29 is 9.90 Å². The predicted octanol–water partition coefficient (Wildman–Crippen LogP) is 2.93. The minimum atomic E-state index is -0.197. The molecule has 2 amide bonds. The number of fused-ring (bicyclic) bond motifs is 1. The van der Waals surface area contributed by atoms with Gasteiger partial charge in [0.1, 0.15) is 0 Å². The van der Waals surface area contributed by atoms with Gasteiger partial charge in [-0.05, 0) is 61.8 Å². The van der Waals surface area contributed by atoms with Crippen LogP contribution in [0.5, 0.6) is 0 Å². The molecular formula is C16H21ClN2O2. The Morgan fingerprint density at radius 2 is 1.90 bits per heavy atom. The van der Waals surface area contributed by atoms with Gasteiger partial charge in [-0.1, -0.05) is 17.7 Å². The van der Waals surface area contributed by atoms with Crippen LogP contribution in [0.2, 0.25) is 5.02 Å². The van der Waals surface area contributed by atoms with Crippen LogP contribution in [-0.2, 0) is 6.42 Å². The topological polar surface area (TPSA) is 61.4 Å². The largest absolute Gasteiger partial charge is 0.393 e. The molecule has 3 rings (SSSR count). The smallest absolute Gasteiger partial charge is 0.315 e. The average molecular weight is 309 g/mol. The molecule has 0 bridgehead atoms. The number of amides is 2. The van der Waals surface area contributed by atoms with E-state index in [0.717, 1.165) is 43.5 Å². The predicted molar refractivity (Wildman–Crippen MR) is 82.4 cm³/mol. The SMILES string of the molecule is O=C(NC1CCC(O)CC1)N[C@H]1CCc2cc(Cl)ccc21. The molecule has 0 heterocycles. The van der Waals surface area contributed by atoms with Gasteiger partial charge in [-0.25, -0.2) is 4.79 Å². The Morgan fingerprint density at radius 3 is 2.67 bits per heavy atom. The van der Waals surface area contributed by atoms with Gasteiger partial charge in [0, 0.05) is 11.1 Å². The fourth-order valence-corrected chi connectivity index (χ4v) is 3.54. The third-order valence-electron chi connectivity index (χ3n) is 4.52. The van der Waals surface area contributed by atoms with Crippen molar-refractivity contribution in [1.82, 2.24) is 10.6 Å². The van der Waals surface area contributed by atoms with Gasteiger partial charge in [0.25, 0.3) is 0 Å². The molecule has 0 unspecified atom stereocenters. The third kappa shape index (κ3) is 3.50. The van der Waals surface area contributed by atoms with Gasteiger partial charge < -0.3 is 15.7 Å². The molecule has 1 aromatic rings. The molecule has 0 aromatic heterocycles. The number of halogens is 1. The van der Waals surface area contributed by atoms with Crippen LogP contribution in [0.1, 0.15) is 49.3 Å². The lowest BCUT2D eigenvalue weighted by Crippen LogP contribution is -2.45. The molecule has 2 aliphatic carbocycles. The summed E-state index contributed by atoms with van der Waals surface area (Å²) >= 11 is 6.00. The van der Waals surface area contributed by atoms with Crippen LogP contribution in [0.4, 0.5) is 4.79 Å². The highest BCUT2D eigenvalue weighted by Crippen LogP contribution is 2.32. The van der Waals surface area contributed by atoms with E-state index in [1.54, 1.807) is 0 Å². The quantitative estimate of drug-likeness (QED) is 0.786. The Kier molecular flexibility index (Phi) is 4.36. The van der Waals surface area contributed by atoms with E-state index >= 15 is 0 Å². The summed E-state index contributed by atoms with van der Waals surface area (Å²) in [7, 11) is 0. The van der Waals surface area contributed by atoms with Crippen molar-refractivity contribution in [3.63, 3.8) is 0 Å². The number of nitrogens with one attached hydrogen (secondary N) is 2. The molecule has 1 aromatic carbocycles. The molecule has 0 radical (unpaired) electrons. The molecule has 1 atom stereocenters. The van der Waals surface area contributed by atoms with E-state index in [1.807, 2.05) is 18.2 Å². The molecule has 21 heavy (non-hydrogen) atoms. The van der Waals surface area contributed by atoms with Gasteiger partial charge in [-0.15, -0.1) is 0 Å². The van der Waals surface area contributed by atoms with Gasteiger partial charge in [0.2, 0.25) is 0 Å². The molecular weight excluding hydrogens is 288 g/mol. The van der Waals surface area contributed by atoms with Gasteiger partial charge in [0.15, 0.2) is 0 Å². The van der Waals surface area contributed by atoms with E-state index in [-0.39, 0.29) is 24.2 Å². The third-order valence-corrected chi connectivity index (χ3v) is 4.76. The van der Waals surface area contributed by atoms with Gasteiger partial charge in [0.05, 0.1) is 12.1 Å². The number of aryl methyl sites for hydroxylation is 1. The first-order valence-electron chi connectivity index (χ1n) is 7.65. The van der Waals surface area contributed by atoms with E-state index in [9.17, 15) is 9.90 Å². The summed E-state index contributed by atoms with van der Waals surface area (Å²) in [6.45, 7) is 0. The number of urea groups is 1. The van der Waals surface area contributed by atoms with Crippen molar-refractivity contribution in [2.45, 2.75) is 56.7 Å². The first-order valence-corrected chi connectivity index (χ1v) is 8.03. The Morgan fingerprint density at radius 1 is 1.14 bits per heavy atom. The zero-order chi connectivity index (χ0) is 14.8. The number of carbonyl (C=O) groups excluding carboxylic acids is 1. The van der Waals surface area contributed by atoms with Crippen LogP contribution >= 0.6 is 11.6 Å². The summed E-state index contributed by atoms with van der Waals surface area (Å²) in [4.78, 5) is 12.1. The monoisotopic (exact) mass is 308 g/mol. The molecule has 1 fully saturated rings. The van der Waals surface area contributed by atoms with Crippen molar-refractivity contribution in [3.8, 4) is 0 Å². The van der Waals surface area contributed by atoms with Crippen molar-refractivity contribution in [3.05, 3.63) is 34.3 Å². The molecule has 2 aliphatic rings. The summed E-state index contributed by atoms with van der Waals surface area (Å²) in [6, 6.07) is 6.02.